The molecular weight excluding hydrogens is 360 g/mol. The fourth-order valence-corrected chi connectivity index (χ4v) is 2.38. The Hall–Kier alpha value is -1.96. The van der Waals surface area contributed by atoms with E-state index in [2.05, 4.69) is 31.1 Å². The summed E-state index contributed by atoms with van der Waals surface area (Å²) in [7, 11) is 0. The van der Waals surface area contributed by atoms with Gasteiger partial charge in [-0.15, -0.1) is 0 Å². The van der Waals surface area contributed by atoms with Crippen LogP contribution in [-0.4, -0.2) is 22.3 Å². The number of alkyl halides is 2. The molecule has 1 heterocycles. The van der Waals surface area contributed by atoms with Crippen LogP contribution in [0, 0.1) is 0 Å². The first-order valence-corrected chi connectivity index (χ1v) is 7.34. The number of hydrogen-bond donors (Lipinski definition) is 1. The summed E-state index contributed by atoms with van der Waals surface area (Å²) in [6, 6.07) is 5.86. The van der Waals surface area contributed by atoms with E-state index in [0.717, 1.165) is 10.2 Å². The van der Waals surface area contributed by atoms with Crippen molar-refractivity contribution in [1.82, 2.24) is 15.1 Å². The SMILES string of the molecule is CCn1ncc(Br)c1CNC(=O)c1ccccc1OC(F)F. The molecule has 1 aromatic heterocycles. The molecule has 2 rings (SSSR count). The van der Waals surface area contributed by atoms with Crippen LogP contribution in [0.4, 0.5) is 8.78 Å². The molecule has 1 N–H and O–H groups in total. The second-order valence-corrected chi connectivity index (χ2v) is 5.17. The third-order valence-corrected chi connectivity index (χ3v) is 3.62. The van der Waals surface area contributed by atoms with Gasteiger partial charge in [0, 0.05) is 6.54 Å². The van der Waals surface area contributed by atoms with Crippen molar-refractivity contribution < 1.29 is 18.3 Å². The molecule has 22 heavy (non-hydrogen) atoms. The largest absolute Gasteiger partial charge is 0.434 e. The minimum absolute atomic E-state index is 0.0569. The number of nitrogens with one attached hydrogen (secondary N) is 1. The molecule has 8 heteroatoms. The molecule has 5 nitrogen and oxygen atoms in total. The van der Waals surface area contributed by atoms with Gasteiger partial charge in [-0.25, -0.2) is 0 Å². The van der Waals surface area contributed by atoms with Crippen molar-refractivity contribution in [3.63, 3.8) is 0 Å². The highest BCUT2D eigenvalue weighted by Crippen LogP contribution is 2.21. The molecule has 0 fully saturated rings. The molecule has 0 aliphatic carbocycles. The predicted octanol–water partition coefficient (Wildman–Crippen LogP) is 3.20. The fraction of sp³-hybridized carbons (Fsp3) is 0.286. The minimum Gasteiger partial charge on any atom is -0.434 e. The van der Waals surface area contributed by atoms with Crippen LogP contribution < -0.4 is 10.1 Å². The monoisotopic (exact) mass is 373 g/mol. The van der Waals surface area contributed by atoms with E-state index in [1.54, 1.807) is 16.9 Å². The number of carbonyl (C=O) groups excluding carboxylic acids is 1. The molecule has 0 unspecified atom stereocenters. The minimum atomic E-state index is -2.98. The average molecular weight is 374 g/mol. The second kappa shape index (κ2) is 7.35. The Bertz CT molecular complexity index is 661. The van der Waals surface area contributed by atoms with Crippen LogP contribution in [0.2, 0.25) is 0 Å². The van der Waals surface area contributed by atoms with E-state index >= 15 is 0 Å². The third kappa shape index (κ3) is 3.82. The summed E-state index contributed by atoms with van der Waals surface area (Å²) >= 11 is 3.35. The first-order valence-electron chi connectivity index (χ1n) is 6.55. The normalized spacial score (nSPS) is 10.8. The van der Waals surface area contributed by atoms with Gasteiger partial charge in [-0.05, 0) is 35.0 Å². The molecule has 1 aromatic carbocycles. The topological polar surface area (TPSA) is 56.2 Å². The number of halogens is 3. The summed E-state index contributed by atoms with van der Waals surface area (Å²) in [6.07, 6.45) is 1.64. The predicted molar refractivity (Wildman–Crippen MR) is 79.8 cm³/mol. The molecule has 1 amide bonds. The third-order valence-electron chi connectivity index (χ3n) is 2.96. The number of amides is 1. The van der Waals surface area contributed by atoms with E-state index in [-0.39, 0.29) is 17.9 Å². The van der Waals surface area contributed by atoms with Crippen LogP contribution in [0.25, 0.3) is 0 Å². The van der Waals surface area contributed by atoms with Gasteiger partial charge in [-0.3, -0.25) is 9.48 Å². The zero-order valence-electron chi connectivity index (χ0n) is 11.7. The standard InChI is InChI=1S/C14H14BrF2N3O2/c1-2-20-11(10(15)7-19-20)8-18-13(21)9-5-3-4-6-12(9)22-14(16)17/h3-7,14H,2,8H2,1H3,(H,18,21). The summed E-state index contributed by atoms with van der Waals surface area (Å²) in [5.74, 6) is -0.648. The maximum absolute atomic E-state index is 12.4. The summed E-state index contributed by atoms with van der Waals surface area (Å²) in [6.45, 7) is -0.182. The summed E-state index contributed by atoms with van der Waals surface area (Å²) in [4.78, 5) is 12.2. The van der Waals surface area contributed by atoms with Crippen molar-refractivity contribution in [1.29, 1.82) is 0 Å². The van der Waals surface area contributed by atoms with Crippen LogP contribution >= 0.6 is 15.9 Å². The maximum atomic E-state index is 12.4. The Balaban J connectivity index is 2.11. The first-order chi connectivity index (χ1) is 10.5. The van der Waals surface area contributed by atoms with Crippen LogP contribution in [0.15, 0.2) is 34.9 Å². The maximum Gasteiger partial charge on any atom is 0.387 e. The highest BCUT2D eigenvalue weighted by Gasteiger charge is 2.16. The Morgan fingerprint density at radius 3 is 2.86 bits per heavy atom. The van der Waals surface area contributed by atoms with Crippen molar-refractivity contribution in [2.45, 2.75) is 26.6 Å². The number of benzene rings is 1. The number of aromatic nitrogens is 2. The van der Waals surface area contributed by atoms with E-state index in [0.29, 0.717) is 6.54 Å². The molecule has 2 aromatic rings. The summed E-state index contributed by atoms with van der Waals surface area (Å²) in [5.41, 5.74) is 0.851. The van der Waals surface area contributed by atoms with Gasteiger partial charge in [-0.1, -0.05) is 12.1 Å². The molecule has 0 saturated heterocycles. The number of hydrogen-bond acceptors (Lipinski definition) is 3. The zero-order chi connectivity index (χ0) is 16.1. The van der Waals surface area contributed by atoms with Crippen molar-refractivity contribution in [2.75, 3.05) is 0 Å². The van der Waals surface area contributed by atoms with E-state index in [1.807, 2.05) is 6.92 Å². The van der Waals surface area contributed by atoms with Crippen molar-refractivity contribution in [3.8, 4) is 5.75 Å². The average Bonchev–Trinajstić information content (AvgIpc) is 2.85. The number of nitrogens with zero attached hydrogens (tertiary/aromatic N) is 2. The Kier molecular flexibility index (Phi) is 5.48. The van der Waals surface area contributed by atoms with Gasteiger partial charge in [0.1, 0.15) is 5.75 Å². The molecule has 0 saturated carbocycles. The summed E-state index contributed by atoms with van der Waals surface area (Å²) < 4.78 is 31.6. The molecular formula is C14H14BrF2N3O2. The molecule has 0 bridgehead atoms. The van der Waals surface area contributed by atoms with Crippen molar-refractivity contribution in [3.05, 3.63) is 46.2 Å². The van der Waals surface area contributed by atoms with Gasteiger partial charge < -0.3 is 10.1 Å². The number of carbonyl (C=O) groups is 1. The Morgan fingerprint density at radius 1 is 1.45 bits per heavy atom. The van der Waals surface area contributed by atoms with Gasteiger partial charge in [0.25, 0.3) is 5.91 Å². The van der Waals surface area contributed by atoms with E-state index < -0.39 is 12.5 Å². The molecule has 118 valence electrons. The van der Waals surface area contributed by atoms with E-state index in [4.69, 9.17) is 0 Å². The zero-order valence-corrected chi connectivity index (χ0v) is 13.3. The van der Waals surface area contributed by atoms with Crippen LogP contribution in [0.5, 0.6) is 5.75 Å². The highest BCUT2D eigenvalue weighted by molar-refractivity contribution is 9.10. The lowest BCUT2D eigenvalue weighted by Gasteiger charge is -2.11. The molecule has 0 spiro atoms. The lowest BCUT2D eigenvalue weighted by atomic mass is 10.2. The van der Waals surface area contributed by atoms with E-state index in [9.17, 15) is 13.6 Å². The Morgan fingerprint density at radius 2 is 2.18 bits per heavy atom. The molecule has 0 aliphatic rings. The van der Waals surface area contributed by atoms with Crippen molar-refractivity contribution >= 4 is 21.8 Å². The second-order valence-electron chi connectivity index (χ2n) is 4.31. The van der Waals surface area contributed by atoms with Gasteiger partial charge >= 0.3 is 6.61 Å². The quantitative estimate of drug-likeness (QED) is 0.845. The number of ether oxygens (including phenoxy) is 1. The Labute approximate surface area is 134 Å². The lowest BCUT2D eigenvalue weighted by Crippen LogP contribution is -2.25. The molecule has 0 atom stereocenters. The van der Waals surface area contributed by atoms with Gasteiger partial charge in [-0.2, -0.15) is 13.9 Å². The van der Waals surface area contributed by atoms with Crippen LogP contribution in [-0.2, 0) is 13.1 Å². The van der Waals surface area contributed by atoms with Gasteiger partial charge in [0.15, 0.2) is 0 Å². The van der Waals surface area contributed by atoms with Crippen molar-refractivity contribution in [2.24, 2.45) is 0 Å². The lowest BCUT2D eigenvalue weighted by molar-refractivity contribution is -0.0501. The van der Waals surface area contributed by atoms with Gasteiger partial charge in [0.2, 0.25) is 0 Å². The molecule has 0 radical (unpaired) electrons. The fourth-order valence-electron chi connectivity index (χ4n) is 1.95. The van der Waals surface area contributed by atoms with Crippen LogP contribution in [0.3, 0.4) is 0 Å². The van der Waals surface area contributed by atoms with Crippen LogP contribution in [0.1, 0.15) is 23.0 Å². The van der Waals surface area contributed by atoms with E-state index in [1.165, 1.54) is 18.2 Å². The molecule has 0 aliphatic heterocycles. The number of rotatable bonds is 6. The summed E-state index contributed by atoms with van der Waals surface area (Å²) in [5, 5.41) is 6.81. The number of aryl methyl sites for hydroxylation is 1. The highest BCUT2D eigenvalue weighted by atomic mass is 79.9. The smallest absolute Gasteiger partial charge is 0.387 e. The first kappa shape index (κ1) is 16.4. The van der Waals surface area contributed by atoms with Gasteiger partial charge in [0.05, 0.1) is 28.5 Å². The number of para-hydroxylation sites is 1.